The van der Waals surface area contributed by atoms with E-state index >= 15 is 0 Å². The molecule has 4 amide bonds. The van der Waals surface area contributed by atoms with Crippen molar-refractivity contribution in [1.29, 1.82) is 0 Å². The zero-order valence-corrected chi connectivity index (χ0v) is 45.4. The Balaban J connectivity index is 1.12. The Kier molecular flexibility index (Phi) is 18.0. The van der Waals surface area contributed by atoms with Gasteiger partial charge in [0.25, 0.3) is 11.8 Å². The predicted octanol–water partition coefficient (Wildman–Crippen LogP) is 8.73. The number of rotatable bonds is 20. The maximum absolute atomic E-state index is 14.6. The molecular weight excluding hydrogens is 1050 g/mol. The number of aliphatic carboxylic acids is 1. The third kappa shape index (κ3) is 13.8. The zero-order valence-electron chi connectivity index (χ0n) is 40.6. The van der Waals surface area contributed by atoms with E-state index in [0.717, 1.165) is 11.3 Å². The Morgan fingerprint density at radius 3 is 1.92 bits per heavy atom. The lowest BCUT2D eigenvalue weighted by atomic mass is 9.80. The van der Waals surface area contributed by atoms with Gasteiger partial charge in [-0.2, -0.15) is 11.8 Å². The minimum Gasteiger partial charge on any atom is -0.477 e. The molecule has 1 fully saturated rings. The van der Waals surface area contributed by atoms with Crippen molar-refractivity contribution >= 4 is 116 Å². The Hall–Kier alpha value is -5.98. The van der Waals surface area contributed by atoms with Crippen LogP contribution in [-0.4, -0.2) is 109 Å². The highest BCUT2D eigenvalue weighted by Crippen LogP contribution is 2.48. The molecule has 2 aliphatic heterocycles. The normalized spacial score (nSPS) is 16.0. The summed E-state index contributed by atoms with van der Waals surface area (Å²) in [7, 11) is 0. The van der Waals surface area contributed by atoms with E-state index in [1.807, 2.05) is 91.0 Å². The number of carboxylic acid groups (broad SMARTS) is 1. The Labute approximate surface area is 448 Å². The van der Waals surface area contributed by atoms with Gasteiger partial charge >= 0.3 is 18.2 Å². The fraction of sp³-hybridized carbons (Fsp3) is 0.347. The second-order valence-electron chi connectivity index (χ2n) is 18.1. The highest BCUT2D eigenvalue weighted by Gasteiger charge is 2.55. The number of carboxylic acids is 1. The van der Waals surface area contributed by atoms with Gasteiger partial charge in [0.1, 0.15) is 38.3 Å². The predicted molar refractivity (Wildman–Crippen MR) is 289 cm³/mol. The molecule has 24 heteroatoms. The first-order valence-electron chi connectivity index (χ1n) is 22.7. The SMILES string of the molecule is CC(C)(C)OC(=O)NCCNc1nc(CSCCNC(=O)OC(C)(C)C)c(SC2=C(C(=O)O)N3C(=O)[C@@H](NC(=O)C(=NOC(c4ccccc4)(c4ccccc4)c4ccccc4)c4nc(N)sc4Cl)[C@@H]3SC2)s1. The number of carbonyl (C=O) groups is 5. The van der Waals surface area contributed by atoms with Gasteiger partial charge in [0.15, 0.2) is 16.0 Å². The number of nitrogens with one attached hydrogen (secondary N) is 4. The highest BCUT2D eigenvalue weighted by atomic mass is 35.5. The highest BCUT2D eigenvalue weighted by molar-refractivity contribution is 8.07. The van der Waals surface area contributed by atoms with Crippen LogP contribution in [0.15, 0.2) is 111 Å². The monoisotopic (exact) mass is 1110 g/mol. The molecule has 5 aromatic rings. The molecule has 7 rings (SSSR count). The van der Waals surface area contributed by atoms with Gasteiger partial charge in [0.2, 0.25) is 5.60 Å². The van der Waals surface area contributed by atoms with Crippen LogP contribution < -0.4 is 27.0 Å². The number of ether oxygens (including phenoxy) is 2. The van der Waals surface area contributed by atoms with E-state index in [0.29, 0.717) is 61.2 Å². The number of carbonyl (C=O) groups excluding carboxylic acids is 4. The number of nitrogens with two attached hydrogens (primary N) is 1. The van der Waals surface area contributed by atoms with Crippen molar-refractivity contribution < 1.29 is 43.4 Å². The molecule has 73 heavy (non-hydrogen) atoms. The van der Waals surface area contributed by atoms with E-state index in [1.54, 1.807) is 41.5 Å². The van der Waals surface area contributed by atoms with Crippen LogP contribution in [0.3, 0.4) is 0 Å². The maximum atomic E-state index is 14.6. The van der Waals surface area contributed by atoms with Gasteiger partial charge in [-0.25, -0.2) is 24.4 Å². The summed E-state index contributed by atoms with van der Waals surface area (Å²) in [6.07, 6.45) is -1.09. The number of nitrogens with zero attached hydrogens (tertiary/aromatic N) is 4. The Morgan fingerprint density at radius 2 is 1.40 bits per heavy atom. The third-order valence-electron chi connectivity index (χ3n) is 10.4. The number of alkyl carbamates (subject to hydrolysis) is 2. The number of anilines is 2. The number of halogens is 1. The van der Waals surface area contributed by atoms with E-state index in [9.17, 15) is 29.1 Å². The standard InChI is InChI=1S/C49H54ClN9O9S5/c1-47(2,3)66-45(64)53-23-22-52-44-55-31(26-69-25-24-54-46(65)67-48(4,5)6)42(73-44)71-32-27-70-40-35(39(61)59(40)36(32)41(62)63)56-38(60)34(33-37(50)72-43(51)57-33)58-68-49(28-16-10-7-11-17-28,29-18-12-8-13-19-29)30-20-14-9-15-21-30/h7-21,35,40H,22-27H2,1-6H3,(H2,51,57)(H,52,55)(H,53,64)(H,54,65)(H,56,60)(H,62,63)/t35-,40+/m1/s1. The number of β-lactam (4-membered cyclic amide) rings is 1. The van der Waals surface area contributed by atoms with Gasteiger partial charge in [0.05, 0.1) is 9.90 Å². The summed E-state index contributed by atoms with van der Waals surface area (Å²) in [5, 5.41) is 26.5. The molecular formula is C49H54ClN9O9S5. The Morgan fingerprint density at radius 1 is 0.836 bits per heavy atom. The second kappa shape index (κ2) is 23.9. The number of hydrogen-bond donors (Lipinski definition) is 6. The van der Waals surface area contributed by atoms with Crippen molar-refractivity contribution in [1.82, 2.24) is 30.8 Å². The lowest BCUT2D eigenvalue weighted by Crippen LogP contribution is -2.71. The van der Waals surface area contributed by atoms with E-state index in [1.165, 1.54) is 51.5 Å². The van der Waals surface area contributed by atoms with Gasteiger partial charge < -0.3 is 46.4 Å². The summed E-state index contributed by atoms with van der Waals surface area (Å²) < 4.78 is 11.4. The van der Waals surface area contributed by atoms with Gasteiger partial charge in [-0.15, -0.1) is 11.8 Å². The van der Waals surface area contributed by atoms with Crippen molar-refractivity contribution in [3.05, 3.63) is 134 Å². The van der Waals surface area contributed by atoms with E-state index in [-0.39, 0.29) is 38.9 Å². The number of thioether (sulfide) groups is 3. The lowest BCUT2D eigenvalue weighted by molar-refractivity contribution is -0.150. The molecule has 2 atom stereocenters. The number of hydrogen-bond acceptors (Lipinski definition) is 18. The van der Waals surface area contributed by atoms with E-state index in [2.05, 4.69) is 31.4 Å². The summed E-state index contributed by atoms with van der Waals surface area (Å²) in [6.45, 7) is 11.5. The summed E-state index contributed by atoms with van der Waals surface area (Å²) >= 11 is 12.9. The minimum absolute atomic E-state index is 0.0558. The van der Waals surface area contributed by atoms with Crippen LogP contribution in [0.5, 0.6) is 0 Å². The molecule has 2 aromatic heterocycles. The number of amides is 4. The Bertz CT molecular complexity index is 2760. The fourth-order valence-corrected chi connectivity index (χ4v) is 13.1. The quantitative estimate of drug-likeness (QED) is 0.0140. The largest absolute Gasteiger partial charge is 0.477 e. The van der Waals surface area contributed by atoms with Crippen molar-refractivity contribution in [3.63, 3.8) is 0 Å². The molecule has 0 unspecified atom stereocenters. The number of oxime groups is 1. The van der Waals surface area contributed by atoms with E-state index < -0.39 is 58.2 Å². The summed E-state index contributed by atoms with van der Waals surface area (Å²) in [5.41, 5.74) is 5.47. The first-order valence-corrected chi connectivity index (χ1v) is 27.8. The molecule has 0 aliphatic carbocycles. The van der Waals surface area contributed by atoms with Crippen LogP contribution in [0.2, 0.25) is 4.34 Å². The minimum atomic E-state index is -1.40. The molecule has 1 saturated heterocycles. The molecule has 0 saturated carbocycles. The molecule has 7 N–H and O–H groups in total. The molecule has 2 aliphatic rings. The molecule has 0 spiro atoms. The average molecular weight is 1110 g/mol. The van der Waals surface area contributed by atoms with Crippen molar-refractivity contribution in [2.45, 2.75) is 79.7 Å². The van der Waals surface area contributed by atoms with Crippen LogP contribution in [0.1, 0.15) is 69.6 Å². The number of nitrogen functional groups attached to an aromatic ring is 1. The zero-order chi connectivity index (χ0) is 52.5. The third-order valence-corrected chi connectivity index (χ3v) is 16.3. The summed E-state index contributed by atoms with van der Waals surface area (Å²) in [5.74, 6) is -1.75. The molecule has 3 aromatic carbocycles. The number of benzene rings is 3. The number of fused-ring (bicyclic) bond motifs is 1. The van der Waals surface area contributed by atoms with Crippen molar-refractivity contribution in [2.75, 3.05) is 42.2 Å². The fourth-order valence-electron chi connectivity index (χ4n) is 7.38. The van der Waals surface area contributed by atoms with Gasteiger partial charge in [-0.05, 0) is 41.5 Å². The van der Waals surface area contributed by atoms with Gasteiger partial charge in [0, 0.05) is 58.5 Å². The second-order valence-corrected chi connectivity index (χ2v) is 24.3. The smallest absolute Gasteiger partial charge is 0.407 e. The average Bonchev–Trinajstić information content (AvgIpc) is 3.89. The molecule has 386 valence electrons. The van der Waals surface area contributed by atoms with Crippen LogP contribution >= 0.6 is 69.6 Å². The van der Waals surface area contributed by atoms with Crippen molar-refractivity contribution in [2.24, 2.45) is 5.16 Å². The molecule has 4 heterocycles. The lowest BCUT2D eigenvalue weighted by Gasteiger charge is -2.49. The maximum Gasteiger partial charge on any atom is 0.407 e. The topological polar surface area (TPSA) is 249 Å². The van der Waals surface area contributed by atoms with E-state index in [4.69, 9.17) is 36.6 Å². The van der Waals surface area contributed by atoms with Crippen molar-refractivity contribution in [3.8, 4) is 0 Å². The van der Waals surface area contributed by atoms with Crippen LogP contribution in [0, 0.1) is 0 Å². The van der Waals surface area contributed by atoms with Crippen LogP contribution in [0.25, 0.3) is 0 Å². The van der Waals surface area contributed by atoms with Gasteiger partial charge in [-0.1, -0.05) is 142 Å². The summed E-state index contributed by atoms with van der Waals surface area (Å²) in [6, 6.07) is 27.0. The number of thiazole rings is 2. The molecule has 0 bridgehead atoms. The molecule has 18 nitrogen and oxygen atoms in total. The summed E-state index contributed by atoms with van der Waals surface area (Å²) in [4.78, 5) is 83.7. The first-order chi connectivity index (χ1) is 34.7. The number of aromatic nitrogens is 2. The van der Waals surface area contributed by atoms with Crippen LogP contribution in [-0.2, 0) is 40.0 Å². The molecule has 0 radical (unpaired) electrons. The first kappa shape index (κ1) is 54.8. The van der Waals surface area contributed by atoms with Gasteiger partial charge in [-0.3, -0.25) is 14.5 Å². The van der Waals surface area contributed by atoms with Crippen LogP contribution in [0.4, 0.5) is 19.9 Å².